The Labute approximate surface area is 112 Å². The fourth-order valence-electron chi connectivity index (χ4n) is 1.96. The second-order valence-corrected chi connectivity index (χ2v) is 4.82. The number of carbonyl (C=O) groups is 1. The molecule has 2 amide bonds. The molecule has 2 aromatic carbocycles. The molecule has 19 heavy (non-hydrogen) atoms. The summed E-state index contributed by atoms with van der Waals surface area (Å²) in [4.78, 5) is 11.6. The molecule has 1 saturated carbocycles. The van der Waals surface area contributed by atoms with Gasteiger partial charge in [0.05, 0.1) is 0 Å². The number of hydrogen-bond donors (Lipinski definition) is 2. The van der Waals surface area contributed by atoms with Crippen LogP contribution >= 0.6 is 0 Å². The maximum Gasteiger partial charge on any atom is 0.319 e. The van der Waals surface area contributed by atoms with E-state index in [0.717, 1.165) is 24.1 Å². The van der Waals surface area contributed by atoms with Gasteiger partial charge in [0.15, 0.2) is 0 Å². The smallest absolute Gasteiger partial charge is 0.319 e. The highest BCUT2D eigenvalue weighted by Crippen LogP contribution is 2.21. The van der Waals surface area contributed by atoms with Crippen molar-refractivity contribution in [2.75, 3.05) is 5.32 Å². The largest absolute Gasteiger partial charge is 0.335 e. The quantitative estimate of drug-likeness (QED) is 0.860. The van der Waals surface area contributed by atoms with Crippen LogP contribution in [0.5, 0.6) is 0 Å². The molecule has 3 nitrogen and oxygen atoms in total. The van der Waals surface area contributed by atoms with E-state index < -0.39 is 0 Å². The summed E-state index contributed by atoms with van der Waals surface area (Å²) in [5.41, 5.74) is 3.14. The molecule has 0 radical (unpaired) electrons. The van der Waals surface area contributed by atoms with E-state index in [-0.39, 0.29) is 6.03 Å². The van der Waals surface area contributed by atoms with Crippen LogP contribution in [0.1, 0.15) is 12.8 Å². The zero-order valence-corrected chi connectivity index (χ0v) is 10.6. The van der Waals surface area contributed by atoms with Gasteiger partial charge in [0, 0.05) is 11.7 Å². The number of nitrogens with one attached hydrogen (secondary N) is 2. The molecule has 3 rings (SSSR count). The molecule has 0 saturated heterocycles. The van der Waals surface area contributed by atoms with E-state index in [4.69, 9.17) is 0 Å². The fourth-order valence-corrected chi connectivity index (χ4v) is 1.96. The first-order chi connectivity index (χ1) is 9.31. The average molecular weight is 252 g/mol. The van der Waals surface area contributed by atoms with Crippen LogP contribution in [-0.2, 0) is 0 Å². The van der Waals surface area contributed by atoms with E-state index in [1.807, 2.05) is 42.5 Å². The van der Waals surface area contributed by atoms with E-state index in [0.29, 0.717) is 6.04 Å². The Morgan fingerprint density at radius 1 is 0.895 bits per heavy atom. The van der Waals surface area contributed by atoms with E-state index >= 15 is 0 Å². The van der Waals surface area contributed by atoms with Gasteiger partial charge >= 0.3 is 6.03 Å². The molecule has 2 N–H and O–H groups in total. The molecule has 1 aliphatic carbocycles. The monoisotopic (exact) mass is 252 g/mol. The second kappa shape index (κ2) is 5.14. The predicted molar refractivity (Wildman–Crippen MR) is 77.1 cm³/mol. The third-order valence-corrected chi connectivity index (χ3v) is 3.16. The van der Waals surface area contributed by atoms with Crippen LogP contribution < -0.4 is 10.6 Å². The summed E-state index contributed by atoms with van der Waals surface area (Å²) >= 11 is 0. The highest BCUT2D eigenvalue weighted by molar-refractivity contribution is 5.89. The topological polar surface area (TPSA) is 41.1 Å². The second-order valence-electron chi connectivity index (χ2n) is 4.82. The van der Waals surface area contributed by atoms with Gasteiger partial charge in [-0.25, -0.2) is 4.79 Å². The minimum atomic E-state index is -0.116. The van der Waals surface area contributed by atoms with Crippen molar-refractivity contribution in [1.29, 1.82) is 0 Å². The van der Waals surface area contributed by atoms with Crippen LogP contribution in [0, 0.1) is 0 Å². The van der Waals surface area contributed by atoms with Crippen molar-refractivity contribution in [3.63, 3.8) is 0 Å². The first kappa shape index (κ1) is 11.8. The Morgan fingerprint density at radius 2 is 1.53 bits per heavy atom. The van der Waals surface area contributed by atoms with Crippen molar-refractivity contribution in [2.24, 2.45) is 0 Å². The van der Waals surface area contributed by atoms with Gasteiger partial charge in [-0.3, -0.25) is 0 Å². The van der Waals surface area contributed by atoms with Crippen molar-refractivity contribution in [3.8, 4) is 11.1 Å². The van der Waals surface area contributed by atoms with Crippen molar-refractivity contribution in [3.05, 3.63) is 54.6 Å². The summed E-state index contributed by atoms with van der Waals surface area (Å²) in [7, 11) is 0. The lowest BCUT2D eigenvalue weighted by molar-refractivity contribution is 0.251. The van der Waals surface area contributed by atoms with Gasteiger partial charge in [0.1, 0.15) is 0 Å². The zero-order chi connectivity index (χ0) is 13.1. The van der Waals surface area contributed by atoms with Gasteiger partial charge in [0.2, 0.25) is 0 Å². The molecule has 0 atom stereocenters. The molecule has 2 aromatic rings. The SMILES string of the molecule is O=C(Nc1ccc(-c2ccccc2)cc1)NC1CC1. The molecule has 0 bridgehead atoms. The summed E-state index contributed by atoms with van der Waals surface area (Å²) in [5.74, 6) is 0. The zero-order valence-electron chi connectivity index (χ0n) is 10.6. The molecular weight excluding hydrogens is 236 g/mol. The van der Waals surface area contributed by atoms with Gasteiger partial charge in [-0.1, -0.05) is 42.5 Å². The van der Waals surface area contributed by atoms with Crippen LogP contribution in [0.3, 0.4) is 0 Å². The average Bonchev–Trinajstić information content (AvgIpc) is 3.24. The van der Waals surface area contributed by atoms with Gasteiger partial charge in [-0.15, -0.1) is 0 Å². The van der Waals surface area contributed by atoms with Crippen molar-refractivity contribution in [2.45, 2.75) is 18.9 Å². The van der Waals surface area contributed by atoms with Gasteiger partial charge < -0.3 is 10.6 Å². The molecule has 0 spiro atoms. The summed E-state index contributed by atoms with van der Waals surface area (Å²) in [6, 6.07) is 18.3. The highest BCUT2D eigenvalue weighted by atomic mass is 16.2. The molecule has 0 heterocycles. The Bertz CT molecular complexity index is 559. The summed E-state index contributed by atoms with van der Waals surface area (Å²) in [6.45, 7) is 0. The third kappa shape index (κ3) is 3.13. The number of carbonyl (C=O) groups excluding carboxylic acids is 1. The van der Waals surface area contributed by atoms with Crippen LogP contribution in [0.15, 0.2) is 54.6 Å². The maximum atomic E-state index is 11.6. The minimum absolute atomic E-state index is 0.116. The lowest BCUT2D eigenvalue weighted by atomic mass is 10.1. The number of urea groups is 1. The Balaban J connectivity index is 1.66. The van der Waals surface area contributed by atoms with Crippen LogP contribution in [0.4, 0.5) is 10.5 Å². The third-order valence-electron chi connectivity index (χ3n) is 3.16. The predicted octanol–water partition coefficient (Wildman–Crippen LogP) is 3.64. The molecule has 0 aliphatic heterocycles. The normalized spacial score (nSPS) is 13.9. The van der Waals surface area contributed by atoms with Crippen LogP contribution in [0.25, 0.3) is 11.1 Å². The van der Waals surface area contributed by atoms with Crippen molar-refractivity contribution in [1.82, 2.24) is 5.32 Å². The first-order valence-electron chi connectivity index (χ1n) is 6.54. The van der Waals surface area contributed by atoms with Crippen LogP contribution in [0.2, 0.25) is 0 Å². The first-order valence-corrected chi connectivity index (χ1v) is 6.54. The lowest BCUT2D eigenvalue weighted by Gasteiger charge is -2.07. The number of rotatable bonds is 3. The standard InChI is InChI=1S/C16H16N2O/c19-16(18-15-10-11-15)17-14-8-6-13(7-9-14)12-4-2-1-3-5-12/h1-9,15H,10-11H2,(H2,17,18,19). The van der Waals surface area contributed by atoms with E-state index in [2.05, 4.69) is 22.8 Å². The molecule has 0 unspecified atom stereocenters. The molecule has 96 valence electrons. The van der Waals surface area contributed by atoms with E-state index in [9.17, 15) is 4.79 Å². The summed E-state index contributed by atoms with van der Waals surface area (Å²) < 4.78 is 0. The van der Waals surface area contributed by atoms with Gasteiger partial charge in [-0.2, -0.15) is 0 Å². The van der Waals surface area contributed by atoms with Crippen LogP contribution in [-0.4, -0.2) is 12.1 Å². The Kier molecular flexibility index (Phi) is 3.19. The molecular formula is C16H16N2O. The van der Waals surface area contributed by atoms with Crippen molar-refractivity contribution >= 4 is 11.7 Å². The maximum absolute atomic E-state index is 11.6. The number of hydrogen-bond acceptors (Lipinski definition) is 1. The Morgan fingerprint density at radius 3 is 2.16 bits per heavy atom. The molecule has 1 aliphatic rings. The summed E-state index contributed by atoms with van der Waals surface area (Å²) in [5, 5.41) is 5.74. The molecule has 0 aromatic heterocycles. The van der Waals surface area contributed by atoms with Gasteiger partial charge in [0.25, 0.3) is 0 Å². The fraction of sp³-hybridized carbons (Fsp3) is 0.188. The van der Waals surface area contributed by atoms with Crippen molar-refractivity contribution < 1.29 is 4.79 Å². The minimum Gasteiger partial charge on any atom is -0.335 e. The highest BCUT2D eigenvalue weighted by Gasteiger charge is 2.23. The lowest BCUT2D eigenvalue weighted by Crippen LogP contribution is -2.30. The van der Waals surface area contributed by atoms with Gasteiger partial charge in [-0.05, 0) is 36.1 Å². The molecule has 3 heteroatoms. The Hall–Kier alpha value is -2.29. The number of benzene rings is 2. The molecule has 1 fully saturated rings. The number of anilines is 1. The summed E-state index contributed by atoms with van der Waals surface area (Å²) in [6.07, 6.45) is 2.20. The van der Waals surface area contributed by atoms with E-state index in [1.54, 1.807) is 0 Å². The number of amides is 2. The van der Waals surface area contributed by atoms with E-state index in [1.165, 1.54) is 5.56 Å².